The minimum atomic E-state index is -0.914. The third-order valence-electron chi connectivity index (χ3n) is 3.80. The Balaban J connectivity index is 0.00000146. The summed E-state index contributed by atoms with van der Waals surface area (Å²) in [5, 5.41) is 8.98. The quantitative estimate of drug-likeness (QED) is 0.657. The number of carbonyl (C=O) groups is 1. The first-order valence-electron chi connectivity index (χ1n) is 9.21. The van der Waals surface area contributed by atoms with Crippen molar-refractivity contribution in [2.24, 2.45) is 0 Å². The zero-order valence-corrected chi connectivity index (χ0v) is 17.3. The van der Waals surface area contributed by atoms with Crippen LogP contribution in [-0.2, 0) is 6.54 Å². The standard InChI is InChI=1S/C19H21NO2.2C2H6/c1-13(2)20(12-16-6-5-14(3)15(4)11-16)18-9-7-17(8-10-18)19(21)22;2*1-2/h5-11H,1,12H2,2-4H3,(H,21,22);2*1-2H3. The fraction of sp³-hybridized carbons (Fsp3) is 0.348. The summed E-state index contributed by atoms with van der Waals surface area (Å²) in [6.07, 6.45) is 0. The molecule has 3 heteroatoms. The highest BCUT2D eigenvalue weighted by molar-refractivity contribution is 5.88. The second-order valence-electron chi connectivity index (χ2n) is 5.59. The van der Waals surface area contributed by atoms with Crippen molar-refractivity contribution in [2.75, 3.05) is 4.90 Å². The van der Waals surface area contributed by atoms with Crippen molar-refractivity contribution in [1.82, 2.24) is 0 Å². The largest absolute Gasteiger partial charge is 0.478 e. The average molecular weight is 356 g/mol. The van der Waals surface area contributed by atoms with Crippen LogP contribution in [0.3, 0.4) is 0 Å². The van der Waals surface area contributed by atoms with E-state index in [1.807, 2.05) is 46.8 Å². The van der Waals surface area contributed by atoms with Crippen molar-refractivity contribution in [3.05, 3.63) is 77.0 Å². The summed E-state index contributed by atoms with van der Waals surface area (Å²) in [4.78, 5) is 13.0. The summed E-state index contributed by atoms with van der Waals surface area (Å²) in [5.41, 5.74) is 5.89. The van der Waals surface area contributed by atoms with E-state index in [0.717, 1.165) is 11.4 Å². The number of anilines is 1. The van der Waals surface area contributed by atoms with Crippen molar-refractivity contribution >= 4 is 11.7 Å². The van der Waals surface area contributed by atoms with Gasteiger partial charge in [-0.2, -0.15) is 0 Å². The van der Waals surface area contributed by atoms with Gasteiger partial charge in [0.05, 0.1) is 5.56 Å². The second kappa shape index (κ2) is 11.9. The van der Waals surface area contributed by atoms with Gasteiger partial charge in [-0.3, -0.25) is 0 Å². The molecular weight excluding hydrogens is 322 g/mol. The molecule has 0 atom stereocenters. The lowest BCUT2D eigenvalue weighted by molar-refractivity contribution is 0.0697. The highest BCUT2D eigenvalue weighted by Crippen LogP contribution is 2.23. The fourth-order valence-electron chi connectivity index (χ4n) is 2.32. The Morgan fingerprint density at radius 3 is 1.92 bits per heavy atom. The number of benzene rings is 2. The maximum absolute atomic E-state index is 10.9. The summed E-state index contributed by atoms with van der Waals surface area (Å²) < 4.78 is 0. The monoisotopic (exact) mass is 355 g/mol. The van der Waals surface area contributed by atoms with Crippen LogP contribution >= 0.6 is 0 Å². The van der Waals surface area contributed by atoms with Gasteiger partial charge in [-0.05, 0) is 61.7 Å². The van der Waals surface area contributed by atoms with E-state index in [2.05, 4.69) is 43.5 Å². The summed E-state index contributed by atoms with van der Waals surface area (Å²) in [5.74, 6) is -0.914. The molecule has 0 saturated heterocycles. The van der Waals surface area contributed by atoms with Gasteiger partial charge < -0.3 is 10.0 Å². The maximum atomic E-state index is 10.9. The first kappa shape index (κ1) is 23.4. The molecule has 0 spiro atoms. The number of aryl methyl sites for hydroxylation is 2. The van der Waals surface area contributed by atoms with E-state index >= 15 is 0 Å². The number of rotatable bonds is 5. The number of hydrogen-bond donors (Lipinski definition) is 1. The average Bonchev–Trinajstić information content (AvgIpc) is 2.65. The molecule has 2 aromatic carbocycles. The normalized spacial score (nSPS) is 9.19. The molecule has 0 aliphatic rings. The predicted octanol–water partition coefficient (Wildman–Crippen LogP) is 6.59. The van der Waals surface area contributed by atoms with Crippen molar-refractivity contribution in [3.63, 3.8) is 0 Å². The zero-order valence-electron chi connectivity index (χ0n) is 17.3. The van der Waals surface area contributed by atoms with Gasteiger partial charge in [0.15, 0.2) is 0 Å². The number of allylic oxidation sites excluding steroid dienone is 1. The van der Waals surface area contributed by atoms with Gasteiger partial charge in [0.25, 0.3) is 0 Å². The molecule has 0 aliphatic carbocycles. The Hall–Kier alpha value is -2.55. The molecule has 0 aromatic heterocycles. The molecule has 2 rings (SSSR count). The minimum absolute atomic E-state index is 0.289. The Morgan fingerprint density at radius 2 is 1.50 bits per heavy atom. The second-order valence-corrected chi connectivity index (χ2v) is 5.59. The summed E-state index contributed by atoms with van der Waals surface area (Å²) in [6.45, 7) is 18.9. The molecule has 142 valence electrons. The molecular formula is C23H33NO2. The van der Waals surface area contributed by atoms with Gasteiger partial charge in [0.2, 0.25) is 0 Å². The van der Waals surface area contributed by atoms with Crippen LogP contribution < -0.4 is 4.90 Å². The number of carboxylic acids is 1. The van der Waals surface area contributed by atoms with Gasteiger partial charge >= 0.3 is 5.97 Å². The molecule has 3 nitrogen and oxygen atoms in total. The first-order chi connectivity index (χ1) is 12.4. The molecule has 26 heavy (non-hydrogen) atoms. The van der Waals surface area contributed by atoms with Gasteiger partial charge in [0, 0.05) is 17.9 Å². The van der Waals surface area contributed by atoms with E-state index in [9.17, 15) is 4.79 Å². The van der Waals surface area contributed by atoms with E-state index in [-0.39, 0.29) is 5.56 Å². The van der Waals surface area contributed by atoms with Crippen molar-refractivity contribution < 1.29 is 9.90 Å². The maximum Gasteiger partial charge on any atom is 0.335 e. The summed E-state index contributed by atoms with van der Waals surface area (Å²) in [6, 6.07) is 13.3. The molecule has 0 aliphatic heterocycles. The molecule has 2 aromatic rings. The first-order valence-corrected chi connectivity index (χ1v) is 9.21. The number of carboxylic acid groups (broad SMARTS) is 1. The third-order valence-corrected chi connectivity index (χ3v) is 3.80. The molecule has 0 heterocycles. The van der Waals surface area contributed by atoms with Gasteiger partial charge in [-0.1, -0.05) is 52.5 Å². The lowest BCUT2D eigenvalue weighted by Crippen LogP contribution is -2.19. The van der Waals surface area contributed by atoms with E-state index in [1.54, 1.807) is 12.1 Å². The highest BCUT2D eigenvalue weighted by Gasteiger charge is 2.10. The van der Waals surface area contributed by atoms with E-state index in [1.165, 1.54) is 16.7 Å². The minimum Gasteiger partial charge on any atom is -0.478 e. The zero-order chi connectivity index (χ0) is 20.3. The van der Waals surface area contributed by atoms with Crippen molar-refractivity contribution in [3.8, 4) is 0 Å². The summed E-state index contributed by atoms with van der Waals surface area (Å²) >= 11 is 0. The molecule has 1 N–H and O–H groups in total. The molecule has 0 bridgehead atoms. The third kappa shape index (κ3) is 6.75. The predicted molar refractivity (Wildman–Crippen MR) is 113 cm³/mol. The Labute approximate surface area is 159 Å². The molecule has 0 saturated carbocycles. The van der Waals surface area contributed by atoms with Gasteiger partial charge in [-0.25, -0.2) is 4.79 Å². The Bertz CT molecular complexity index is 703. The number of hydrogen-bond acceptors (Lipinski definition) is 2. The Kier molecular flexibility index (Phi) is 10.7. The van der Waals surface area contributed by atoms with Crippen LogP contribution in [0.15, 0.2) is 54.7 Å². The molecule has 0 amide bonds. The molecule has 0 radical (unpaired) electrons. The lowest BCUT2D eigenvalue weighted by Gasteiger charge is -2.25. The van der Waals surface area contributed by atoms with Crippen LogP contribution in [-0.4, -0.2) is 11.1 Å². The van der Waals surface area contributed by atoms with Crippen LogP contribution in [0.1, 0.15) is 61.7 Å². The molecule has 0 fully saturated rings. The number of nitrogens with zero attached hydrogens (tertiary/aromatic N) is 1. The van der Waals surface area contributed by atoms with Crippen LogP contribution in [0.5, 0.6) is 0 Å². The SMILES string of the molecule is C=C(C)N(Cc1ccc(C)c(C)c1)c1ccc(C(=O)O)cc1.CC.CC. The molecule has 0 unspecified atom stereocenters. The van der Waals surface area contributed by atoms with Crippen LogP contribution in [0.25, 0.3) is 0 Å². The lowest BCUT2D eigenvalue weighted by atomic mass is 10.1. The topological polar surface area (TPSA) is 40.5 Å². The smallest absolute Gasteiger partial charge is 0.335 e. The van der Waals surface area contributed by atoms with Crippen molar-refractivity contribution in [1.29, 1.82) is 0 Å². The number of aromatic carboxylic acids is 1. The van der Waals surface area contributed by atoms with Gasteiger partial charge in [-0.15, -0.1) is 0 Å². The fourth-order valence-corrected chi connectivity index (χ4v) is 2.32. The summed E-state index contributed by atoms with van der Waals surface area (Å²) in [7, 11) is 0. The van der Waals surface area contributed by atoms with E-state index < -0.39 is 5.97 Å². The van der Waals surface area contributed by atoms with Crippen LogP contribution in [0.4, 0.5) is 5.69 Å². The van der Waals surface area contributed by atoms with Crippen LogP contribution in [0.2, 0.25) is 0 Å². The van der Waals surface area contributed by atoms with Crippen LogP contribution in [0, 0.1) is 13.8 Å². The van der Waals surface area contributed by atoms with E-state index in [0.29, 0.717) is 6.54 Å². The van der Waals surface area contributed by atoms with Gasteiger partial charge in [0.1, 0.15) is 0 Å². The highest BCUT2D eigenvalue weighted by atomic mass is 16.4. The Morgan fingerprint density at radius 1 is 0.962 bits per heavy atom. The van der Waals surface area contributed by atoms with Crippen molar-refractivity contribution in [2.45, 2.75) is 55.0 Å². The van der Waals surface area contributed by atoms with E-state index in [4.69, 9.17) is 5.11 Å².